The Morgan fingerprint density at radius 3 is 2.80 bits per heavy atom. The van der Waals surface area contributed by atoms with E-state index < -0.39 is 0 Å². The van der Waals surface area contributed by atoms with Crippen LogP contribution in [0.25, 0.3) is 0 Å². The molecule has 4 nitrogen and oxygen atoms in total. The second-order valence-corrected chi connectivity index (χ2v) is 4.66. The van der Waals surface area contributed by atoms with E-state index in [4.69, 9.17) is 5.26 Å². The molecule has 1 aromatic heterocycles. The molecule has 1 amide bonds. The van der Waals surface area contributed by atoms with Gasteiger partial charge in [0.1, 0.15) is 11.4 Å². The quantitative estimate of drug-likeness (QED) is 0.734. The molecule has 0 unspecified atom stereocenters. The standard InChI is InChI=1S/C10H13N3OS/c1-7(2)13(5-4-11)10(14)9-6-12-8(3)15-9/h6-7H,5H2,1-3H3. The van der Waals surface area contributed by atoms with Crippen LogP contribution in [0.15, 0.2) is 6.20 Å². The van der Waals surface area contributed by atoms with Gasteiger partial charge in [0.15, 0.2) is 0 Å². The lowest BCUT2D eigenvalue weighted by Gasteiger charge is -2.22. The van der Waals surface area contributed by atoms with E-state index >= 15 is 0 Å². The molecule has 15 heavy (non-hydrogen) atoms. The summed E-state index contributed by atoms with van der Waals surface area (Å²) in [5.74, 6) is -0.114. The molecule has 1 aromatic rings. The number of carbonyl (C=O) groups is 1. The van der Waals surface area contributed by atoms with E-state index in [1.165, 1.54) is 16.2 Å². The summed E-state index contributed by atoms with van der Waals surface area (Å²) in [5.41, 5.74) is 0. The first-order valence-corrected chi connectivity index (χ1v) is 5.48. The molecule has 0 radical (unpaired) electrons. The van der Waals surface area contributed by atoms with Gasteiger partial charge in [0.25, 0.3) is 5.91 Å². The van der Waals surface area contributed by atoms with Gasteiger partial charge >= 0.3 is 0 Å². The van der Waals surface area contributed by atoms with Crippen LogP contribution in [-0.2, 0) is 0 Å². The van der Waals surface area contributed by atoms with Crippen molar-refractivity contribution >= 4 is 17.2 Å². The Morgan fingerprint density at radius 1 is 1.73 bits per heavy atom. The highest BCUT2D eigenvalue weighted by molar-refractivity contribution is 7.13. The minimum Gasteiger partial charge on any atom is -0.322 e. The molecular formula is C10H13N3OS. The number of hydrogen-bond donors (Lipinski definition) is 0. The van der Waals surface area contributed by atoms with Gasteiger partial charge in [-0.05, 0) is 20.8 Å². The third kappa shape index (κ3) is 2.77. The zero-order valence-electron chi connectivity index (χ0n) is 9.02. The second-order valence-electron chi connectivity index (χ2n) is 3.43. The highest BCUT2D eigenvalue weighted by Gasteiger charge is 2.19. The minimum absolute atomic E-state index is 0.0274. The first-order valence-electron chi connectivity index (χ1n) is 4.66. The van der Waals surface area contributed by atoms with Crippen molar-refractivity contribution in [2.24, 2.45) is 0 Å². The Balaban J connectivity index is 2.86. The zero-order valence-corrected chi connectivity index (χ0v) is 9.84. The number of nitriles is 1. The molecule has 1 rings (SSSR count). The zero-order chi connectivity index (χ0) is 11.4. The summed E-state index contributed by atoms with van der Waals surface area (Å²) in [7, 11) is 0. The Kier molecular flexibility index (Phi) is 3.81. The van der Waals surface area contributed by atoms with Crippen LogP contribution < -0.4 is 0 Å². The lowest BCUT2D eigenvalue weighted by Crippen LogP contribution is -2.36. The van der Waals surface area contributed by atoms with Gasteiger partial charge in [-0.3, -0.25) is 4.79 Å². The molecule has 0 saturated heterocycles. The lowest BCUT2D eigenvalue weighted by atomic mass is 10.3. The summed E-state index contributed by atoms with van der Waals surface area (Å²) in [5, 5.41) is 9.49. The van der Waals surface area contributed by atoms with Crippen LogP contribution in [-0.4, -0.2) is 28.4 Å². The normalized spacial score (nSPS) is 10.1. The number of aromatic nitrogens is 1. The Hall–Kier alpha value is -1.41. The van der Waals surface area contributed by atoms with Crippen molar-refractivity contribution in [3.05, 3.63) is 16.1 Å². The third-order valence-corrected chi connectivity index (χ3v) is 2.86. The van der Waals surface area contributed by atoms with Crippen LogP contribution in [0.3, 0.4) is 0 Å². The maximum absolute atomic E-state index is 11.9. The van der Waals surface area contributed by atoms with E-state index in [0.717, 1.165) is 5.01 Å². The summed E-state index contributed by atoms with van der Waals surface area (Å²) in [6.45, 7) is 5.76. The van der Waals surface area contributed by atoms with Crippen molar-refractivity contribution < 1.29 is 4.79 Å². The maximum Gasteiger partial charge on any atom is 0.266 e. The van der Waals surface area contributed by atoms with Gasteiger partial charge in [-0.25, -0.2) is 4.98 Å². The van der Waals surface area contributed by atoms with Gasteiger partial charge in [0.05, 0.1) is 17.3 Å². The molecule has 0 saturated carbocycles. The molecule has 0 aliphatic heterocycles. The van der Waals surface area contributed by atoms with Gasteiger partial charge in [-0.15, -0.1) is 11.3 Å². The van der Waals surface area contributed by atoms with Crippen molar-refractivity contribution in [3.8, 4) is 6.07 Å². The van der Waals surface area contributed by atoms with Crippen molar-refractivity contribution in [3.63, 3.8) is 0 Å². The van der Waals surface area contributed by atoms with Crippen LogP contribution in [0, 0.1) is 18.3 Å². The predicted molar refractivity (Wildman–Crippen MR) is 58.6 cm³/mol. The van der Waals surface area contributed by atoms with Crippen LogP contribution >= 0.6 is 11.3 Å². The molecule has 80 valence electrons. The van der Waals surface area contributed by atoms with Crippen molar-refractivity contribution in [1.29, 1.82) is 5.26 Å². The number of carbonyl (C=O) groups excluding carboxylic acids is 1. The Bertz CT molecular complexity index is 392. The summed E-state index contributed by atoms with van der Waals surface area (Å²) < 4.78 is 0. The number of nitrogens with zero attached hydrogens (tertiary/aromatic N) is 3. The summed E-state index contributed by atoms with van der Waals surface area (Å²) >= 11 is 1.36. The Morgan fingerprint density at radius 2 is 2.40 bits per heavy atom. The molecule has 0 aliphatic carbocycles. The number of amides is 1. The molecule has 5 heteroatoms. The largest absolute Gasteiger partial charge is 0.322 e. The minimum atomic E-state index is -0.114. The average Bonchev–Trinajstić information content (AvgIpc) is 2.59. The molecule has 0 N–H and O–H groups in total. The topological polar surface area (TPSA) is 57.0 Å². The molecule has 0 fully saturated rings. The smallest absolute Gasteiger partial charge is 0.266 e. The van der Waals surface area contributed by atoms with E-state index in [2.05, 4.69) is 4.98 Å². The molecule has 0 bridgehead atoms. The fourth-order valence-corrected chi connectivity index (χ4v) is 1.90. The SMILES string of the molecule is Cc1ncc(C(=O)N(CC#N)C(C)C)s1. The van der Waals surface area contributed by atoms with Crippen LogP contribution in [0.2, 0.25) is 0 Å². The van der Waals surface area contributed by atoms with E-state index in [9.17, 15) is 4.79 Å². The highest BCUT2D eigenvalue weighted by atomic mass is 32.1. The molecule has 0 aromatic carbocycles. The van der Waals surface area contributed by atoms with Crippen LogP contribution in [0.1, 0.15) is 28.5 Å². The van der Waals surface area contributed by atoms with E-state index in [1.54, 1.807) is 6.20 Å². The third-order valence-electron chi connectivity index (χ3n) is 1.96. The van der Waals surface area contributed by atoms with Gasteiger partial charge in [0, 0.05) is 6.04 Å². The van der Waals surface area contributed by atoms with Crippen molar-refractivity contribution in [1.82, 2.24) is 9.88 Å². The fraction of sp³-hybridized carbons (Fsp3) is 0.500. The fourth-order valence-electron chi connectivity index (χ4n) is 1.17. The molecule has 0 aliphatic rings. The molecule has 0 spiro atoms. The Labute approximate surface area is 93.2 Å². The summed E-state index contributed by atoms with van der Waals surface area (Å²) in [6, 6.07) is 2.02. The lowest BCUT2D eigenvalue weighted by molar-refractivity contribution is 0.0736. The van der Waals surface area contributed by atoms with E-state index in [0.29, 0.717) is 4.88 Å². The van der Waals surface area contributed by atoms with Gasteiger partial charge in [-0.2, -0.15) is 5.26 Å². The van der Waals surface area contributed by atoms with Gasteiger partial charge in [0.2, 0.25) is 0 Å². The molecule has 1 heterocycles. The predicted octanol–water partition coefficient (Wildman–Crippen LogP) is 1.83. The van der Waals surface area contributed by atoms with Gasteiger partial charge in [-0.1, -0.05) is 0 Å². The average molecular weight is 223 g/mol. The molecular weight excluding hydrogens is 210 g/mol. The maximum atomic E-state index is 11.9. The number of hydrogen-bond acceptors (Lipinski definition) is 4. The monoisotopic (exact) mass is 223 g/mol. The highest BCUT2D eigenvalue weighted by Crippen LogP contribution is 2.15. The number of aryl methyl sites for hydroxylation is 1. The van der Waals surface area contributed by atoms with Crippen molar-refractivity contribution in [2.75, 3.05) is 6.54 Å². The second kappa shape index (κ2) is 4.89. The first kappa shape index (κ1) is 11.7. The number of thiazole rings is 1. The summed E-state index contributed by atoms with van der Waals surface area (Å²) in [4.78, 5) is 18.1. The van der Waals surface area contributed by atoms with E-state index in [1.807, 2.05) is 26.8 Å². The number of rotatable bonds is 3. The van der Waals surface area contributed by atoms with Crippen LogP contribution in [0.4, 0.5) is 0 Å². The summed E-state index contributed by atoms with van der Waals surface area (Å²) in [6.07, 6.45) is 1.56. The van der Waals surface area contributed by atoms with Crippen LogP contribution in [0.5, 0.6) is 0 Å². The first-order chi connectivity index (χ1) is 7.06. The van der Waals surface area contributed by atoms with Crippen molar-refractivity contribution in [2.45, 2.75) is 26.8 Å². The van der Waals surface area contributed by atoms with Gasteiger partial charge < -0.3 is 4.90 Å². The molecule has 0 atom stereocenters. The van der Waals surface area contributed by atoms with E-state index in [-0.39, 0.29) is 18.5 Å².